The van der Waals surface area contributed by atoms with Crippen molar-refractivity contribution >= 4 is 28.8 Å². The second kappa shape index (κ2) is 4.25. The number of aliphatic hydroxyl groups excluding tert-OH is 1. The Morgan fingerprint density at radius 2 is 2.24 bits per heavy atom. The predicted molar refractivity (Wildman–Crippen MR) is 66.4 cm³/mol. The number of hydrogen-bond acceptors (Lipinski definition) is 5. The molecule has 1 heterocycles. The number of hydrogen-bond donors (Lipinski definition) is 1. The van der Waals surface area contributed by atoms with E-state index in [4.69, 9.17) is 12.2 Å². The minimum absolute atomic E-state index is 0.0656. The van der Waals surface area contributed by atoms with Gasteiger partial charge < -0.3 is 9.84 Å². The number of esters is 1. The van der Waals surface area contributed by atoms with Crippen LogP contribution in [0.3, 0.4) is 0 Å². The molecule has 0 bridgehead atoms. The van der Waals surface area contributed by atoms with Crippen molar-refractivity contribution in [2.75, 3.05) is 7.11 Å². The second-order valence-corrected chi connectivity index (χ2v) is 4.18. The first-order chi connectivity index (χ1) is 8.06. The number of aliphatic hydroxyl groups is 1. The molecule has 1 atom stereocenters. The molecule has 0 saturated carbocycles. The largest absolute Gasteiger partial charge is 0.506 e. The Morgan fingerprint density at radius 1 is 1.53 bits per heavy atom. The quantitative estimate of drug-likeness (QED) is 0.571. The van der Waals surface area contributed by atoms with Crippen LogP contribution in [-0.2, 0) is 9.53 Å². The van der Waals surface area contributed by atoms with Gasteiger partial charge in [-0.05, 0) is 18.6 Å². The lowest BCUT2D eigenvalue weighted by molar-refractivity contribution is -0.140. The van der Waals surface area contributed by atoms with E-state index >= 15 is 0 Å². The first-order valence-electron chi connectivity index (χ1n) is 5.05. The molecule has 0 saturated heterocycles. The van der Waals surface area contributed by atoms with Gasteiger partial charge in [-0.3, -0.25) is 4.99 Å². The van der Waals surface area contributed by atoms with Crippen LogP contribution < -0.4 is 10.6 Å². The van der Waals surface area contributed by atoms with Crippen LogP contribution >= 0.6 is 12.2 Å². The SMILES string of the molecule is COC(=O)C1N=c2c(C)cccc2=C(O)C1=S. The van der Waals surface area contributed by atoms with Gasteiger partial charge in [-0.1, -0.05) is 24.4 Å². The van der Waals surface area contributed by atoms with E-state index in [9.17, 15) is 9.90 Å². The number of aryl methyl sites for hydroxylation is 1. The third-order valence-electron chi connectivity index (χ3n) is 2.66. The van der Waals surface area contributed by atoms with Crippen molar-refractivity contribution in [2.45, 2.75) is 13.0 Å². The minimum Gasteiger partial charge on any atom is -0.506 e. The molecule has 2 rings (SSSR count). The lowest BCUT2D eigenvalue weighted by Crippen LogP contribution is -2.43. The molecule has 0 spiro atoms. The topological polar surface area (TPSA) is 58.9 Å². The lowest BCUT2D eigenvalue weighted by atomic mass is 10.0. The number of rotatable bonds is 1. The zero-order valence-electron chi connectivity index (χ0n) is 9.43. The third-order valence-corrected chi connectivity index (χ3v) is 3.07. The van der Waals surface area contributed by atoms with E-state index in [0.717, 1.165) is 5.56 Å². The Kier molecular flexibility index (Phi) is 2.93. The Hall–Kier alpha value is -1.75. The summed E-state index contributed by atoms with van der Waals surface area (Å²) in [5.74, 6) is -0.625. The monoisotopic (exact) mass is 249 g/mol. The fourth-order valence-electron chi connectivity index (χ4n) is 1.74. The maximum Gasteiger partial charge on any atom is 0.336 e. The van der Waals surface area contributed by atoms with E-state index in [0.29, 0.717) is 10.6 Å². The maximum atomic E-state index is 11.5. The van der Waals surface area contributed by atoms with Crippen LogP contribution in [0.5, 0.6) is 0 Å². The molecule has 0 fully saturated rings. The highest BCUT2D eigenvalue weighted by atomic mass is 32.1. The molecular weight excluding hydrogens is 238 g/mol. The van der Waals surface area contributed by atoms with Crippen LogP contribution in [0.4, 0.5) is 0 Å². The van der Waals surface area contributed by atoms with E-state index in [-0.39, 0.29) is 10.6 Å². The van der Waals surface area contributed by atoms with Gasteiger partial charge in [0.05, 0.1) is 17.3 Å². The van der Waals surface area contributed by atoms with Crippen LogP contribution in [0.2, 0.25) is 0 Å². The van der Waals surface area contributed by atoms with Crippen molar-refractivity contribution in [1.29, 1.82) is 0 Å². The Labute approximate surface area is 103 Å². The molecule has 1 N–H and O–H groups in total. The molecule has 88 valence electrons. The van der Waals surface area contributed by atoms with Crippen LogP contribution in [0, 0.1) is 6.92 Å². The smallest absolute Gasteiger partial charge is 0.336 e. The summed E-state index contributed by atoms with van der Waals surface area (Å²) in [5, 5.41) is 11.1. The molecule has 1 aromatic carbocycles. The molecule has 0 aromatic heterocycles. The summed E-state index contributed by atoms with van der Waals surface area (Å²) >= 11 is 5.03. The standard InChI is InChI=1S/C12H11NO3S/c1-6-4-3-5-7-8(6)13-9(12(15)16-2)11(17)10(7)14/h3-5,9,14H,1-2H3. The number of carbonyl (C=O) groups excluding carboxylic acids is 1. The maximum absolute atomic E-state index is 11.5. The van der Waals surface area contributed by atoms with Crippen molar-refractivity contribution in [1.82, 2.24) is 0 Å². The van der Waals surface area contributed by atoms with Gasteiger partial charge in [-0.15, -0.1) is 0 Å². The van der Waals surface area contributed by atoms with Gasteiger partial charge in [0.2, 0.25) is 0 Å². The molecule has 0 amide bonds. The van der Waals surface area contributed by atoms with Gasteiger partial charge in [0.1, 0.15) is 5.76 Å². The van der Waals surface area contributed by atoms with Crippen molar-refractivity contribution in [3.8, 4) is 0 Å². The Bertz CT molecular complexity index is 621. The normalized spacial score (nSPS) is 18.4. The molecular formula is C12H11NO3S. The number of thiocarbonyl (C=S) groups is 1. The van der Waals surface area contributed by atoms with Crippen molar-refractivity contribution in [3.05, 3.63) is 34.3 Å². The number of methoxy groups -OCH3 is 1. The summed E-state index contributed by atoms with van der Waals surface area (Å²) in [4.78, 5) is 15.9. The van der Waals surface area contributed by atoms with Crippen LogP contribution in [-0.4, -0.2) is 29.1 Å². The first-order valence-corrected chi connectivity index (χ1v) is 5.46. The molecule has 1 aliphatic rings. The summed E-state index contributed by atoms with van der Waals surface area (Å²) in [6.07, 6.45) is 0. The molecule has 1 unspecified atom stereocenters. The Morgan fingerprint density at radius 3 is 2.88 bits per heavy atom. The van der Waals surface area contributed by atoms with E-state index < -0.39 is 12.0 Å². The number of nitrogens with zero attached hydrogens (tertiary/aromatic N) is 1. The number of ether oxygens (including phenoxy) is 1. The molecule has 17 heavy (non-hydrogen) atoms. The molecule has 4 nitrogen and oxygen atoms in total. The zero-order valence-corrected chi connectivity index (χ0v) is 10.2. The van der Waals surface area contributed by atoms with Gasteiger partial charge in [-0.2, -0.15) is 0 Å². The van der Waals surface area contributed by atoms with Crippen molar-refractivity contribution in [2.24, 2.45) is 4.99 Å². The fraction of sp³-hybridized carbons (Fsp3) is 0.250. The van der Waals surface area contributed by atoms with Gasteiger partial charge in [0.15, 0.2) is 6.04 Å². The molecule has 1 aromatic rings. The summed E-state index contributed by atoms with van der Waals surface area (Å²) < 4.78 is 4.62. The number of para-hydroxylation sites is 1. The van der Waals surface area contributed by atoms with E-state index in [1.807, 2.05) is 13.0 Å². The Balaban J connectivity index is 2.75. The van der Waals surface area contributed by atoms with E-state index in [1.54, 1.807) is 12.1 Å². The zero-order chi connectivity index (χ0) is 12.6. The lowest BCUT2D eigenvalue weighted by Gasteiger charge is -2.15. The average Bonchev–Trinajstić information content (AvgIpc) is 2.33. The average molecular weight is 249 g/mol. The van der Waals surface area contributed by atoms with Gasteiger partial charge in [-0.25, -0.2) is 4.79 Å². The summed E-state index contributed by atoms with van der Waals surface area (Å²) in [7, 11) is 1.27. The van der Waals surface area contributed by atoms with Gasteiger partial charge >= 0.3 is 5.97 Å². The number of fused-ring (bicyclic) bond motifs is 1. The first kappa shape index (κ1) is 11.7. The molecule has 0 radical (unpaired) electrons. The van der Waals surface area contributed by atoms with Gasteiger partial charge in [0.25, 0.3) is 0 Å². The van der Waals surface area contributed by atoms with E-state index in [2.05, 4.69) is 9.73 Å². The third kappa shape index (κ3) is 1.82. The highest BCUT2D eigenvalue weighted by Gasteiger charge is 2.29. The minimum atomic E-state index is -0.927. The highest BCUT2D eigenvalue weighted by Crippen LogP contribution is 2.08. The summed E-state index contributed by atoms with van der Waals surface area (Å²) in [6.45, 7) is 1.86. The number of benzene rings is 1. The highest BCUT2D eigenvalue weighted by molar-refractivity contribution is 7.81. The van der Waals surface area contributed by atoms with Crippen molar-refractivity contribution < 1.29 is 14.6 Å². The molecule has 0 aliphatic carbocycles. The number of carbonyl (C=O) groups is 1. The second-order valence-electron chi connectivity index (χ2n) is 3.74. The molecule has 5 heteroatoms. The fourth-order valence-corrected chi connectivity index (χ4v) is 2.00. The van der Waals surface area contributed by atoms with Gasteiger partial charge in [0, 0.05) is 5.22 Å². The van der Waals surface area contributed by atoms with Crippen LogP contribution in [0.15, 0.2) is 23.2 Å². The van der Waals surface area contributed by atoms with Crippen molar-refractivity contribution in [3.63, 3.8) is 0 Å². The van der Waals surface area contributed by atoms with E-state index in [1.165, 1.54) is 7.11 Å². The molecule has 1 aliphatic heterocycles. The summed E-state index contributed by atoms with van der Waals surface area (Å²) in [6, 6.07) is 4.46. The van der Waals surface area contributed by atoms with Crippen LogP contribution in [0.25, 0.3) is 5.76 Å². The predicted octanol–water partition coefficient (Wildman–Crippen LogP) is 0.206. The summed E-state index contributed by atoms with van der Waals surface area (Å²) in [5.41, 5.74) is 0.880. The van der Waals surface area contributed by atoms with Crippen LogP contribution in [0.1, 0.15) is 5.56 Å².